The zero-order chi connectivity index (χ0) is 12.3. The number of halogens is 3. The lowest BCUT2D eigenvalue weighted by Gasteiger charge is -2.05. The fourth-order valence-corrected chi connectivity index (χ4v) is 2.09. The fraction of sp³-hybridized carbons (Fsp3) is 0.700. The molecule has 1 fully saturated rings. The molecule has 0 bridgehead atoms. The summed E-state index contributed by atoms with van der Waals surface area (Å²) in [5.74, 6) is 0. The highest BCUT2D eigenvalue weighted by molar-refractivity contribution is 7.11. The van der Waals surface area contributed by atoms with Crippen LogP contribution in [0.4, 0.5) is 13.2 Å². The molecule has 0 aliphatic heterocycles. The van der Waals surface area contributed by atoms with E-state index in [1.165, 1.54) is 24.2 Å². The van der Waals surface area contributed by atoms with E-state index in [4.69, 9.17) is 0 Å². The van der Waals surface area contributed by atoms with Crippen LogP contribution in [0.1, 0.15) is 22.7 Å². The first-order valence-electron chi connectivity index (χ1n) is 5.34. The third kappa shape index (κ3) is 5.01. The van der Waals surface area contributed by atoms with Crippen LogP contribution in [0.5, 0.6) is 0 Å². The van der Waals surface area contributed by atoms with Crippen LogP contribution in [-0.2, 0) is 17.9 Å². The summed E-state index contributed by atoms with van der Waals surface area (Å²) in [5.41, 5.74) is 0. The normalized spacial score (nSPS) is 16.4. The lowest BCUT2D eigenvalue weighted by molar-refractivity contribution is -0.176. The molecule has 0 aromatic carbocycles. The second kappa shape index (κ2) is 5.32. The Labute approximate surface area is 101 Å². The van der Waals surface area contributed by atoms with Gasteiger partial charge in [-0.15, -0.1) is 11.3 Å². The highest BCUT2D eigenvalue weighted by Crippen LogP contribution is 2.21. The molecule has 1 aromatic heterocycles. The van der Waals surface area contributed by atoms with E-state index in [0.29, 0.717) is 11.0 Å². The molecule has 2 rings (SSSR count). The number of ether oxygens (including phenoxy) is 1. The zero-order valence-corrected chi connectivity index (χ0v) is 9.90. The molecule has 1 N–H and O–H groups in total. The number of hydrogen-bond donors (Lipinski definition) is 1. The summed E-state index contributed by atoms with van der Waals surface area (Å²) in [4.78, 5) is 5.05. The van der Waals surface area contributed by atoms with Gasteiger partial charge in [0.15, 0.2) is 0 Å². The van der Waals surface area contributed by atoms with Crippen LogP contribution in [0, 0.1) is 0 Å². The molecule has 17 heavy (non-hydrogen) atoms. The Morgan fingerprint density at radius 2 is 2.24 bits per heavy atom. The van der Waals surface area contributed by atoms with Gasteiger partial charge in [-0.2, -0.15) is 13.2 Å². The second-order valence-corrected chi connectivity index (χ2v) is 5.18. The quantitative estimate of drug-likeness (QED) is 0.859. The summed E-state index contributed by atoms with van der Waals surface area (Å²) in [6.45, 7) is -0.558. The summed E-state index contributed by atoms with van der Waals surface area (Å²) in [6, 6.07) is 0.613. The molecule has 1 saturated carbocycles. The Balaban J connectivity index is 1.69. The molecule has 96 valence electrons. The zero-order valence-electron chi connectivity index (χ0n) is 9.09. The second-order valence-electron chi connectivity index (χ2n) is 3.98. The van der Waals surface area contributed by atoms with Gasteiger partial charge in [-0.05, 0) is 12.8 Å². The van der Waals surface area contributed by atoms with Crippen molar-refractivity contribution < 1.29 is 17.9 Å². The van der Waals surface area contributed by atoms with Crippen LogP contribution >= 0.6 is 11.3 Å². The van der Waals surface area contributed by atoms with E-state index in [1.54, 1.807) is 6.20 Å². The van der Waals surface area contributed by atoms with Gasteiger partial charge < -0.3 is 10.1 Å². The smallest absolute Gasteiger partial charge is 0.365 e. The van der Waals surface area contributed by atoms with Gasteiger partial charge in [-0.1, -0.05) is 0 Å². The highest BCUT2D eigenvalue weighted by Gasteiger charge is 2.27. The molecular weight excluding hydrogens is 253 g/mol. The molecule has 0 amide bonds. The van der Waals surface area contributed by atoms with Crippen molar-refractivity contribution in [3.05, 3.63) is 16.1 Å². The molecule has 0 spiro atoms. The third-order valence-electron chi connectivity index (χ3n) is 2.24. The molecule has 0 saturated heterocycles. The van der Waals surface area contributed by atoms with Crippen LogP contribution in [-0.4, -0.2) is 23.8 Å². The van der Waals surface area contributed by atoms with Gasteiger partial charge in [-0.25, -0.2) is 4.98 Å². The predicted octanol–water partition coefficient (Wildman–Crippen LogP) is 2.47. The minimum absolute atomic E-state index is 0.0758. The van der Waals surface area contributed by atoms with Gasteiger partial charge in [0.2, 0.25) is 0 Å². The Hall–Kier alpha value is -0.660. The Morgan fingerprint density at radius 1 is 1.47 bits per heavy atom. The number of nitrogens with zero attached hydrogens (tertiary/aromatic N) is 1. The summed E-state index contributed by atoms with van der Waals surface area (Å²) in [7, 11) is 0. The van der Waals surface area contributed by atoms with Gasteiger partial charge in [0.1, 0.15) is 11.6 Å². The molecule has 1 aromatic rings. The molecule has 0 radical (unpaired) electrons. The van der Waals surface area contributed by atoms with Crippen molar-refractivity contribution in [1.29, 1.82) is 0 Å². The van der Waals surface area contributed by atoms with E-state index in [9.17, 15) is 13.2 Å². The maximum Gasteiger partial charge on any atom is 0.411 e. The molecular formula is C10H13F3N2OS. The standard InChI is InChI=1S/C10H13F3N2OS/c11-10(12,13)6-16-5-9-15-4-8(17-9)3-14-7-1-2-7/h4,7,14H,1-3,5-6H2. The van der Waals surface area contributed by atoms with E-state index in [0.717, 1.165) is 11.4 Å². The minimum Gasteiger partial charge on any atom is -0.365 e. The predicted molar refractivity (Wildman–Crippen MR) is 57.7 cm³/mol. The van der Waals surface area contributed by atoms with Crippen molar-refractivity contribution >= 4 is 11.3 Å². The number of hydrogen-bond acceptors (Lipinski definition) is 4. The minimum atomic E-state index is -4.27. The van der Waals surface area contributed by atoms with Crippen LogP contribution < -0.4 is 5.32 Å². The lowest BCUT2D eigenvalue weighted by atomic mass is 10.5. The van der Waals surface area contributed by atoms with E-state index in [1.807, 2.05) is 0 Å². The first-order valence-corrected chi connectivity index (χ1v) is 6.16. The highest BCUT2D eigenvalue weighted by atomic mass is 32.1. The first-order chi connectivity index (χ1) is 8.03. The van der Waals surface area contributed by atoms with Gasteiger partial charge in [0.25, 0.3) is 0 Å². The summed E-state index contributed by atoms with van der Waals surface area (Å²) < 4.78 is 40.0. The number of alkyl halides is 3. The fourth-order valence-electron chi connectivity index (χ4n) is 1.28. The van der Waals surface area contributed by atoms with E-state index >= 15 is 0 Å². The molecule has 1 aliphatic carbocycles. The number of thiazole rings is 1. The van der Waals surface area contributed by atoms with E-state index in [2.05, 4.69) is 15.0 Å². The summed E-state index contributed by atoms with van der Waals surface area (Å²) >= 11 is 1.39. The Kier molecular flexibility index (Phi) is 4.01. The monoisotopic (exact) mass is 266 g/mol. The van der Waals surface area contributed by atoms with Gasteiger partial charge in [-0.3, -0.25) is 0 Å². The van der Waals surface area contributed by atoms with Crippen LogP contribution in [0.25, 0.3) is 0 Å². The average Bonchev–Trinajstić information content (AvgIpc) is 2.95. The van der Waals surface area contributed by atoms with Crippen molar-refractivity contribution in [2.24, 2.45) is 0 Å². The lowest BCUT2D eigenvalue weighted by Crippen LogP contribution is -2.16. The van der Waals surface area contributed by atoms with Crippen molar-refractivity contribution in [3.8, 4) is 0 Å². The first kappa shape index (κ1) is 12.8. The van der Waals surface area contributed by atoms with Crippen LogP contribution in [0.2, 0.25) is 0 Å². The van der Waals surface area contributed by atoms with Crippen LogP contribution in [0.15, 0.2) is 6.20 Å². The van der Waals surface area contributed by atoms with Gasteiger partial charge >= 0.3 is 6.18 Å². The molecule has 3 nitrogen and oxygen atoms in total. The van der Waals surface area contributed by atoms with Crippen molar-refractivity contribution in [2.75, 3.05) is 6.61 Å². The topological polar surface area (TPSA) is 34.1 Å². The number of aromatic nitrogens is 1. The Morgan fingerprint density at radius 3 is 2.88 bits per heavy atom. The number of rotatable bonds is 6. The van der Waals surface area contributed by atoms with Crippen molar-refractivity contribution in [3.63, 3.8) is 0 Å². The van der Waals surface area contributed by atoms with Crippen molar-refractivity contribution in [1.82, 2.24) is 10.3 Å². The van der Waals surface area contributed by atoms with Crippen molar-refractivity contribution in [2.45, 2.75) is 38.2 Å². The maximum atomic E-state index is 11.8. The third-order valence-corrected chi connectivity index (χ3v) is 3.21. The van der Waals surface area contributed by atoms with Crippen LogP contribution in [0.3, 0.4) is 0 Å². The molecule has 7 heteroatoms. The maximum absolute atomic E-state index is 11.8. The average molecular weight is 266 g/mol. The Bertz CT molecular complexity index is 363. The van der Waals surface area contributed by atoms with Gasteiger partial charge in [0.05, 0.1) is 6.61 Å². The summed E-state index contributed by atoms with van der Waals surface area (Å²) in [6.07, 6.45) is -0.166. The largest absolute Gasteiger partial charge is 0.411 e. The molecule has 0 atom stereocenters. The molecule has 1 heterocycles. The molecule has 1 aliphatic rings. The SMILES string of the molecule is FC(F)(F)COCc1ncc(CNC2CC2)s1. The molecule has 0 unspecified atom stereocenters. The van der Waals surface area contributed by atoms with E-state index in [-0.39, 0.29) is 6.61 Å². The van der Waals surface area contributed by atoms with Gasteiger partial charge in [0, 0.05) is 23.7 Å². The van der Waals surface area contributed by atoms with E-state index < -0.39 is 12.8 Å². The number of nitrogens with one attached hydrogen (secondary N) is 1. The summed E-state index contributed by atoms with van der Waals surface area (Å²) in [5, 5.41) is 3.90.